The minimum Gasteiger partial charge on any atom is -0.353 e. The number of piperidine rings is 1. The quantitative estimate of drug-likeness (QED) is 0.754. The summed E-state index contributed by atoms with van der Waals surface area (Å²) in [5.74, 6) is 0.901. The van der Waals surface area contributed by atoms with E-state index < -0.39 is 5.69 Å². The van der Waals surface area contributed by atoms with Gasteiger partial charge >= 0.3 is 5.69 Å². The molecular formula is C12H21N5O2. The van der Waals surface area contributed by atoms with Gasteiger partial charge in [0.25, 0.3) is 5.56 Å². The average Bonchev–Trinajstić information content (AvgIpc) is 2.41. The van der Waals surface area contributed by atoms with Gasteiger partial charge in [-0.25, -0.2) is 9.48 Å². The van der Waals surface area contributed by atoms with Gasteiger partial charge in [0, 0.05) is 27.7 Å². The monoisotopic (exact) mass is 267 g/mol. The Labute approximate surface area is 111 Å². The van der Waals surface area contributed by atoms with Crippen molar-refractivity contribution in [3.05, 3.63) is 20.8 Å². The van der Waals surface area contributed by atoms with E-state index in [4.69, 9.17) is 0 Å². The summed E-state index contributed by atoms with van der Waals surface area (Å²) in [5.41, 5.74) is -0.733. The fraction of sp³-hybridized carbons (Fsp3) is 0.750. The Balaban J connectivity index is 2.21. The Bertz CT molecular complexity index is 556. The molecule has 7 heteroatoms. The van der Waals surface area contributed by atoms with Crippen LogP contribution in [0.25, 0.3) is 0 Å². The smallest absolute Gasteiger partial charge is 0.346 e. The molecule has 2 rings (SSSR count). The van der Waals surface area contributed by atoms with Gasteiger partial charge in [0.2, 0.25) is 5.82 Å². The van der Waals surface area contributed by atoms with E-state index in [0.717, 1.165) is 37.0 Å². The molecule has 19 heavy (non-hydrogen) atoms. The lowest BCUT2D eigenvalue weighted by Gasteiger charge is -2.27. The van der Waals surface area contributed by atoms with E-state index in [1.165, 1.54) is 11.7 Å². The number of rotatable bonds is 3. The lowest BCUT2D eigenvalue weighted by Crippen LogP contribution is -2.43. The second-order valence-corrected chi connectivity index (χ2v) is 5.17. The van der Waals surface area contributed by atoms with Gasteiger partial charge < -0.3 is 10.2 Å². The molecule has 0 atom stereocenters. The third-order valence-electron chi connectivity index (χ3n) is 3.66. The molecule has 1 aromatic heterocycles. The molecule has 0 aromatic carbocycles. The molecule has 1 aliphatic heterocycles. The van der Waals surface area contributed by atoms with Crippen LogP contribution in [0, 0.1) is 5.92 Å². The molecule has 0 saturated carbocycles. The van der Waals surface area contributed by atoms with E-state index in [0.29, 0.717) is 11.7 Å². The number of aromatic nitrogens is 3. The Morgan fingerprint density at radius 1 is 1.32 bits per heavy atom. The van der Waals surface area contributed by atoms with Crippen LogP contribution in [0.1, 0.15) is 12.8 Å². The summed E-state index contributed by atoms with van der Waals surface area (Å²) in [5, 5.41) is 7.40. The molecular weight excluding hydrogens is 246 g/mol. The zero-order valence-electron chi connectivity index (χ0n) is 11.7. The van der Waals surface area contributed by atoms with Crippen LogP contribution >= 0.6 is 0 Å². The summed E-state index contributed by atoms with van der Waals surface area (Å²) < 4.78 is 2.30. The van der Waals surface area contributed by atoms with Gasteiger partial charge in [-0.15, -0.1) is 5.10 Å². The van der Waals surface area contributed by atoms with Gasteiger partial charge in [-0.05, 0) is 31.8 Å². The van der Waals surface area contributed by atoms with Crippen molar-refractivity contribution in [1.29, 1.82) is 0 Å². The third-order valence-corrected chi connectivity index (χ3v) is 3.66. The highest BCUT2D eigenvalue weighted by Crippen LogP contribution is 2.14. The predicted octanol–water partition coefficient (Wildman–Crippen LogP) is -1.09. The van der Waals surface area contributed by atoms with Crippen LogP contribution < -0.4 is 21.5 Å². The Kier molecular flexibility index (Phi) is 4.04. The minimum atomic E-state index is -0.399. The molecule has 0 bridgehead atoms. The van der Waals surface area contributed by atoms with Gasteiger partial charge in [0.1, 0.15) is 0 Å². The number of anilines is 1. The van der Waals surface area contributed by atoms with E-state index in [2.05, 4.69) is 10.4 Å². The molecule has 1 saturated heterocycles. The molecule has 106 valence electrons. The first-order valence-electron chi connectivity index (χ1n) is 6.57. The molecule has 2 heterocycles. The van der Waals surface area contributed by atoms with Gasteiger partial charge in [0.05, 0.1) is 0 Å². The maximum Gasteiger partial charge on any atom is 0.346 e. The fourth-order valence-electron chi connectivity index (χ4n) is 2.46. The van der Waals surface area contributed by atoms with E-state index in [1.54, 1.807) is 7.05 Å². The second-order valence-electron chi connectivity index (χ2n) is 5.17. The molecule has 0 unspecified atom stereocenters. The van der Waals surface area contributed by atoms with Crippen molar-refractivity contribution < 1.29 is 0 Å². The van der Waals surface area contributed by atoms with Gasteiger partial charge in [0.15, 0.2) is 0 Å². The zero-order chi connectivity index (χ0) is 14.0. The van der Waals surface area contributed by atoms with Gasteiger partial charge in [-0.1, -0.05) is 0 Å². The van der Waals surface area contributed by atoms with Crippen LogP contribution in [0.2, 0.25) is 0 Å². The summed E-state index contributed by atoms with van der Waals surface area (Å²) in [6.45, 7) is 2.84. The van der Waals surface area contributed by atoms with Crippen molar-refractivity contribution in [3.63, 3.8) is 0 Å². The summed E-state index contributed by atoms with van der Waals surface area (Å²) in [6, 6.07) is 0. The predicted molar refractivity (Wildman–Crippen MR) is 73.6 cm³/mol. The normalized spacial score (nSPS) is 16.6. The van der Waals surface area contributed by atoms with Crippen LogP contribution in [0.15, 0.2) is 9.59 Å². The van der Waals surface area contributed by atoms with Crippen LogP contribution in [-0.4, -0.2) is 41.0 Å². The van der Waals surface area contributed by atoms with Crippen molar-refractivity contribution >= 4 is 5.82 Å². The van der Waals surface area contributed by atoms with Crippen LogP contribution in [0.5, 0.6) is 0 Å². The highest BCUT2D eigenvalue weighted by Gasteiger charge is 2.19. The fourth-order valence-corrected chi connectivity index (χ4v) is 2.46. The number of hydrogen-bond donors (Lipinski definition) is 1. The number of aryl methyl sites for hydroxylation is 1. The van der Waals surface area contributed by atoms with E-state index >= 15 is 0 Å². The summed E-state index contributed by atoms with van der Waals surface area (Å²) in [4.78, 5) is 25.5. The molecule has 1 fully saturated rings. The summed E-state index contributed by atoms with van der Waals surface area (Å²) >= 11 is 0. The Morgan fingerprint density at radius 2 is 1.95 bits per heavy atom. The first kappa shape index (κ1) is 13.8. The number of nitrogens with zero attached hydrogens (tertiary/aromatic N) is 4. The average molecular weight is 267 g/mol. The maximum absolute atomic E-state index is 12.1. The summed E-state index contributed by atoms with van der Waals surface area (Å²) in [6.07, 6.45) is 2.22. The zero-order valence-corrected chi connectivity index (χ0v) is 11.7. The van der Waals surface area contributed by atoms with Crippen molar-refractivity contribution in [1.82, 2.24) is 19.7 Å². The first-order chi connectivity index (χ1) is 9.00. The number of nitrogens with one attached hydrogen (secondary N) is 1. The van der Waals surface area contributed by atoms with E-state index in [9.17, 15) is 9.59 Å². The first-order valence-corrected chi connectivity index (χ1v) is 6.57. The van der Waals surface area contributed by atoms with E-state index in [1.807, 2.05) is 11.9 Å². The summed E-state index contributed by atoms with van der Waals surface area (Å²) in [7, 11) is 4.90. The molecule has 1 N–H and O–H groups in total. The Hall–Kier alpha value is -1.63. The molecule has 7 nitrogen and oxygen atoms in total. The van der Waals surface area contributed by atoms with Gasteiger partial charge in [-0.3, -0.25) is 9.36 Å². The SMILES string of the molecule is CN(CC1CCNCC1)c1nn(C)c(=O)n(C)c1=O. The molecule has 0 radical (unpaired) electrons. The molecule has 1 aliphatic rings. The van der Waals surface area contributed by atoms with E-state index in [-0.39, 0.29) is 5.56 Å². The number of hydrogen-bond acceptors (Lipinski definition) is 5. The highest BCUT2D eigenvalue weighted by atomic mass is 16.2. The van der Waals surface area contributed by atoms with Gasteiger partial charge in [-0.2, -0.15) is 0 Å². The Morgan fingerprint density at radius 3 is 2.58 bits per heavy atom. The maximum atomic E-state index is 12.1. The molecule has 0 amide bonds. The highest BCUT2D eigenvalue weighted by molar-refractivity contribution is 5.33. The molecule has 0 aliphatic carbocycles. The van der Waals surface area contributed by atoms with Crippen molar-refractivity contribution in [2.45, 2.75) is 12.8 Å². The minimum absolute atomic E-state index is 0.334. The van der Waals surface area contributed by atoms with Crippen LogP contribution in [0.3, 0.4) is 0 Å². The van der Waals surface area contributed by atoms with Crippen LogP contribution in [-0.2, 0) is 14.1 Å². The van der Waals surface area contributed by atoms with Crippen molar-refractivity contribution in [2.75, 3.05) is 31.6 Å². The largest absolute Gasteiger partial charge is 0.353 e. The lowest BCUT2D eigenvalue weighted by atomic mass is 9.98. The molecule has 1 aromatic rings. The van der Waals surface area contributed by atoms with Crippen molar-refractivity contribution in [2.24, 2.45) is 20.0 Å². The second kappa shape index (κ2) is 5.56. The topological polar surface area (TPSA) is 72.2 Å². The van der Waals surface area contributed by atoms with Crippen LogP contribution in [0.4, 0.5) is 5.82 Å². The standard InChI is InChI=1S/C12H21N5O2/c1-15(8-9-4-6-13-7-5-9)10-11(18)16(2)12(19)17(3)14-10/h9,13H,4-8H2,1-3H3. The lowest BCUT2D eigenvalue weighted by molar-refractivity contribution is 0.376. The molecule has 0 spiro atoms. The van der Waals surface area contributed by atoms with Crippen molar-refractivity contribution in [3.8, 4) is 0 Å². The third kappa shape index (κ3) is 2.86.